The van der Waals surface area contributed by atoms with Crippen LogP contribution in [0.1, 0.15) is 12.5 Å². The van der Waals surface area contributed by atoms with Crippen molar-refractivity contribution in [2.75, 3.05) is 5.75 Å². The van der Waals surface area contributed by atoms with Gasteiger partial charge in [0.25, 0.3) is 0 Å². The lowest BCUT2D eigenvalue weighted by Gasteiger charge is -2.07. The largest absolute Gasteiger partial charge is 0.417 e. The van der Waals surface area contributed by atoms with Crippen LogP contribution in [0.2, 0.25) is 0 Å². The summed E-state index contributed by atoms with van der Waals surface area (Å²) in [5.74, 6) is 1.44. The molecule has 4 rings (SSSR count). The standard InChI is InChI=1S/C18H14BrF3N4S/c1-3-27-14-8-13-11(19)5-4-6-26(13)15(14)17-24-12-7-10(18(20,21)22)9-23-16(12)25(17)2/h4-9H,3H2,1-2H3. The number of imidazole rings is 1. The number of halogens is 4. The summed E-state index contributed by atoms with van der Waals surface area (Å²) < 4.78 is 43.7. The SMILES string of the molecule is CCSc1cc2c(Br)cccn2c1-c1nc2cc(C(F)(F)F)cnc2n1C. The van der Waals surface area contributed by atoms with E-state index in [0.717, 1.165) is 38.6 Å². The zero-order valence-corrected chi connectivity index (χ0v) is 16.8. The first-order valence-corrected chi connectivity index (χ1v) is 9.91. The predicted molar refractivity (Wildman–Crippen MR) is 104 cm³/mol. The molecule has 0 atom stereocenters. The summed E-state index contributed by atoms with van der Waals surface area (Å²) in [6.45, 7) is 2.05. The number of pyridine rings is 2. The van der Waals surface area contributed by atoms with Gasteiger partial charge in [-0.25, -0.2) is 9.97 Å². The number of hydrogen-bond donors (Lipinski definition) is 0. The van der Waals surface area contributed by atoms with Crippen molar-refractivity contribution in [1.29, 1.82) is 0 Å². The van der Waals surface area contributed by atoms with E-state index in [1.807, 2.05) is 22.7 Å². The zero-order chi connectivity index (χ0) is 19.3. The van der Waals surface area contributed by atoms with Crippen LogP contribution in [0, 0.1) is 0 Å². The van der Waals surface area contributed by atoms with Crippen molar-refractivity contribution >= 4 is 44.4 Å². The smallest absolute Gasteiger partial charge is 0.312 e. The number of aryl methyl sites for hydroxylation is 1. The normalized spacial score (nSPS) is 12.4. The van der Waals surface area contributed by atoms with E-state index in [1.54, 1.807) is 23.4 Å². The molecule has 0 spiro atoms. The average molecular weight is 455 g/mol. The van der Waals surface area contributed by atoms with Crippen molar-refractivity contribution in [3.8, 4) is 11.5 Å². The molecule has 0 saturated heterocycles. The van der Waals surface area contributed by atoms with Crippen molar-refractivity contribution in [1.82, 2.24) is 18.9 Å². The van der Waals surface area contributed by atoms with Crippen LogP contribution >= 0.6 is 27.7 Å². The van der Waals surface area contributed by atoms with E-state index in [9.17, 15) is 13.2 Å². The Bertz CT molecular complexity index is 1160. The van der Waals surface area contributed by atoms with Crippen molar-refractivity contribution in [3.63, 3.8) is 0 Å². The Balaban J connectivity index is 2.01. The minimum Gasteiger partial charge on any atom is -0.312 e. The van der Waals surface area contributed by atoms with Crippen molar-refractivity contribution in [2.24, 2.45) is 7.05 Å². The third-order valence-electron chi connectivity index (χ3n) is 4.27. The number of alkyl halides is 3. The average Bonchev–Trinajstić information content (AvgIpc) is 3.13. The number of nitrogens with zero attached hydrogens (tertiary/aromatic N) is 4. The van der Waals surface area contributed by atoms with Crippen LogP contribution in [0.5, 0.6) is 0 Å². The van der Waals surface area contributed by atoms with E-state index >= 15 is 0 Å². The Hall–Kier alpha value is -2.00. The van der Waals surface area contributed by atoms with Gasteiger partial charge in [0.2, 0.25) is 0 Å². The molecular formula is C18H14BrF3N4S. The maximum absolute atomic E-state index is 13.0. The zero-order valence-electron chi connectivity index (χ0n) is 14.4. The van der Waals surface area contributed by atoms with Gasteiger partial charge < -0.3 is 8.97 Å². The molecule has 4 aromatic heterocycles. The lowest BCUT2D eigenvalue weighted by atomic mass is 10.2. The molecule has 140 valence electrons. The van der Waals surface area contributed by atoms with Gasteiger partial charge in [-0.05, 0) is 45.9 Å². The molecule has 0 bridgehead atoms. The van der Waals surface area contributed by atoms with Crippen molar-refractivity contribution < 1.29 is 13.2 Å². The monoisotopic (exact) mass is 454 g/mol. The first-order valence-electron chi connectivity index (χ1n) is 8.13. The summed E-state index contributed by atoms with van der Waals surface area (Å²) >= 11 is 5.22. The Morgan fingerprint density at radius 3 is 2.74 bits per heavy atom. The minimum absolute atomic E-state index is 0.222. The maximum Gasteiger partial charge on any atom is 0.417 e. The molecule has 9 heteroatoms. The second-order valence-corrected chi connectivity index (χ2v) is 8.12. The third kappa shape index (κ3) is 3.02. The lowest BCUT2D eigenvalue weighted by molar-refractivity contribution is -0.137. The summed E-state index contributed by atoms with van der Waals surface area (Å²) in [5, 5.41) is 0. The van der Waals surface area contributed by atoms with Crippen molar-refractivity contribution in [3.05, 3.63) is 46.7 Å². The molecule has 0 aliphatic rings. The Labute approximate surface area is 165 Å². The van der Waals surface area contributed by atoms with Crippen LogP contribution in [-0.2, 0) is 13.2 Å². The van der Waals surface area contributed by atoms with E-state index in [2.05, 4.69) is 38.9 Å². The van der Waals surface area contributed by atoms with E-state index in [4.69, 9.17) is 0 Å². The van der Waals surface area contributed by atoms with Crippen LogP contribution in [0.15, 0.2) is 46.0 Å². The Kier molecular flexibility index (Phi) is 4.46. The molecule has 4 aromatic rings. The molecule has 0 aliphatic heterocycles. The van der Waals surface area contributed by atoms with Gasteiger partial charge in [0.1, 0.15) is 11.2 Å². The van der Waals surface area contributed by atoms with Gasteiger partial charge in [0.15, 0.2) is 11.5 Å². The van der Waals surface area contributed by atoms with Gasteiger partial charge in [-0.3, -0.25) is 0 Å². The molecule has 4 nitrogen and oxygen atoms in total. The summed E-state index contributed by atoms with van der Waals surface area (Å²) in [6, 6.07) is 6.96. The van der Waals surface area contributed by atoms with Gasteiger partial charge in [0, 0.05) is 28.8 Å². The van der Waals surface area contributed by atoms with E-state index in [1.165, 1.54) is 0 Å². The number of hydrogen-bond acceptors (Lipinski definition) is 3. The molecule has 0 aromatic carbocycles. The van der Waals surface area contributed by atoms with E-state index in [0.29, 0.717) is 11.5 Å². The molecule has 0 amide bonds. The van der Waals surface area contributed by atoms with Gasteiger partial charge in [-0.15, -0.1) is 11.8 Å². The molecule has 0 unspecified atom stereocenters. The quantitative estimate of drug-likeness (QED) is 0.368. The summed E-state index contributed by atoms with van der Waals surface area (Å²) in [4.78, 5) is 9.52. The van der Waals surface area contributed by atoms with Gasteiger partial charge in [-0.1, -0.05) is 6.92 Å². The van der Waals surface area contributed by atoms with Gasteiger partial charge >= 0.3 is 6.18 Å². The lowest BCUT2D eigenvalue weighted by Crippen LogP contribution is -2.05. The molecule has 0 saturated carbocycles. The topological polar surface area (TPSA) is 35.1 Å². The van der Waals surface area contributed by atoms with Crippen LogP contribution in [0.4, 0.5) is 13.2 Å². The van der Waals surface area contributed by atoms with E-state index < -0.39 is 11.7 Å². The number of rotatable bonds is 3. The highest BCUT2D eigenvalue weighted by atomic mass is 79.9. The maximum atomic E-state index is 13.0. The fourth-order valence-corrected chi connectivity index (χ4v) is 4.36. The molecule has 0 fully saturated rings. The highest BCUT2D eigenvalue weighted by Crippen LogP contribution is 2.38. The number of fused-ring (bicyclic) bond motifs is 2. The summed E-state index contributed by atoms with van der Waals surface area (Å²) in [7, 11) is 1.77. The predicted octanol–water partition coefficient (Wildman–Crippen LogP) is 5.78. The minimum atomic E-state index is -4.45. The van der Waals surface area contributed by atoms with Crippen LogP contribution < -0.4 is 0 Å². The van der Waals surface area contributed by atoms with Gasteiger partial charge in [0.05, 0.1) is 11.1 Å². The molecule has 27 heavy (non-hydrogen) atoms. The fraction of sp³-hybridized carbons (Fsp3) is 0.222. The van der Waals surface area contributed by atoms with Crippen LogP contribution in [0.25, 0.3) is 28.2 Å². The second kappa shape index (κ2) is 6.56. The summed E-state index contributed by atoms with van der Waals surface area (Å²) in [5.41, 5.74) is 1.65. The highest BCUT2D eigenvalue weighted by molar-refractivity contribution is 9.10. The highest BCUT2D eigenvalue weighted by Gasteiger charge is 2.32. The summed E-state index contributed by atoms with van der Waals surface area (Å²) in [6.07, 6.45) is -1.68. The second-order valence-electron chi connectivity index (χ2n) is 5.96. The van der Waals surface area contributed by atoms with E-state index in [-0.39, 0.29) is 5.52 Å². The molecule has 0 N–H and O–H groups in total. The number of aromatic nitrogens is 4. The first-order chi connectivity index (χ1) is 12.8. The molecule has 0 radical (unpaired) electrons. The van der Waals surface area contributed by atoms with Crippen LogP contribution in [-0.4, -0.2) is 24.7 Å². The first kappa shape index (κ1) is 18.4. The molecule has 4 heterocycles. The third-order valence-corrected chi connectivity index (χ3v) is 5.85. The molecule has 0 aliphatic carbocycles. The molecular weight excluding hydrogens is 441 g/mol. The Morgan fingerprint density at radius 2 is 2.04 bits per heavy atom. The van der Waals surface area contributed by atoms with Gasteiger partial charge in [-0.2, -0.15) is 13.2 Å². The number of thioether (sulfide) groups is 1. The fourth-order valence-electron chi connectivity index (χ4n) is 3.07. The van der Waals surface area contributed by atoms with Crippen LogP contribution in [0.3, 0.4) is 0 Å². The Morgan fingerprint density at radius 1 is 1.26 bits per heavy atom. The van der Waals surface area contributed by atoms with Crippen molar-refractivity contribution in [2.45, 2.75) is 18.0 Å².